The van der Waals surface area contributed by atoms with Crippen molar-refractivity contribution in [3.8, 4) is 0 Å². The fourth-order valence-electron chi connectivity index (χ4n) is 2.69. The zero-order valence-electron chi connectivity index (χ0n) is 12.6. The third-order valence-corrected chi connectivity index (χ3v) is 3.77. The lowest BCUT2D eigenvalue weighted by Crippen LogP contribution is -2.47. The molecular formula is C14H25N5O. The van der Waals surface area contributed by atoms with E-state index in [4.69, 9.17) is 5.11 Å². The molecule has 0 radical (unpaired) electrons. The third-order valence-electron chi connectivity index (χ3n) is 3.77. The van der Waals surface area contributed by atoms with Crippen molar-refractivity contribution in [2.45, 2.75) is 19.8 Å². The number of aliphatic hydroxyl groups is 1. The fourth-order valence-corrected chi connectivity index (χ4v) is 2.69. The van der Waals surface area contributed by atoms with Crippen LogP contribution < -0.4 is 10.2 Å². The number of hydrogen-bond donors (Lipinski definition) is 2. The second-order valence-corrected chi connectivity index (χ2v) is 5.42. The number of aromatic nitrogens is 2. The maximum absolute atomic E-state index is 9.00. The highest BCUT2D eigenvalue weighted by atomic mass is 16.3. The third kappa shape index (κ3) is 3.19. The quantitative estimate of drug-likeness (QED) is 0.829. The Labute approximate surface area is 120 Å². The molecule has 2 heterocycles. The number of rotatable bonds is 5. The number of β-amino-alcohol motifs (C(OH)–C–C–N with tert-alkyl or cyclic N) is 1. The van der Waals surface area contributed by atoms with Crippen LogP contribution in [0.4, 0.5) is 11.6 Å². The molecule has 0 aliphatic carbocycles. The molecule has 0 bridgehead atoms. The van der Waals surface area contributed by atoms with E-state index >= 15 is 0 Å². The van der Waals surface area contributed by atoms with Gasteiger partial charge in [-0.15, -0.1) is 0 Å². The monoisotopic (exact) mass is 279 g/mol. The lowest BCUT2D eigenvalue weighted by molar-refractivity contribution is 0.188. The summed E-state index contributed by atoms with van der Waals surface area (Å²) in [7, 11) is 1.90. The predicted molar refractivity (Wildman–Crippen MR) is 81.4 cm³/mol. The average Bonchev–Trinajstić information content (AvgIpc) is 2.47. The van der Waals surface area contributed by atoms with E-state index in [-0.39, 0.29) is 6.61 Å². The van der Waals surface area contributed by atoms with Gasteiger partial charge in [-0.1, -0.05) is 13.8 Å². The Morgan fingerprint density at radius 3 is 2.50 bits per heavy atom. The van der Waals surface area contributed by atoms with Gasteiger partial charge in [-0.25, -0.2) is 9.97 Å². The first kappa shape index (κ1) is 15.0. The van der Waals surface area contributed by atoms with Gasteiger partial charge >= 0.3 is 0 Å². The molecule has 1 fully saturated rings. The van der Waals surface area contributed by atoms with Gasteiger partial charge in [0, 0.05) is 45.3 Å². The molecule has 20 heavy (non-hydrogen) atoms. The van der Waals surface area contributed by atoms with Crippen LogP contribution in [0.1, 0.15) is 25.3 Å². The van der Waals surface area contributed by atoms with E-state index in [1.807, 2.05) is 7.05 Å². The van der Waals surface area contributed by atoms with Crippen LogP contribution in [0.3, 0.4) is 0 Å². The minimum Gasteiger partial charge on any atom is -0.395 e. The van der Waals surface area contributed by atoms with Crippen molar-refractivity contribution in [2.24, 2.45) is 0 Å². The van der Waals surface area contributed by atoms with Crippen LogP contribution in [0.2, 0.25) is 0 Å². The van der Waals surface area contributed by atoms with Gasteiger partial charge in [0.15, 0.2) is 0 Å². The highest BCUT2D eigenvalue weighted by Gasteiger charge is 2.23. The van der Waals surface area contributed by atoms with E-state index in [1.165, 1.54) is 5.56 Å². The molecule has 0 atom stereocenters. The largest absolute Gasteiger partial charge is 0.395 e. The Bertz CT molecular complexity index is 430. The zero-order chi connectivity index (χ0) is 14.5. The Hall–Kier alpha value is -1.40. The predicted octanol–water partition coefficient (Wildman–Crippen LogP) is 0.756. The van der Waals surface area contributed by atoms with E-state index in [1.54, 1.807) is 6.33 Å². The van der Waals surface area contributed by atoms with Gasteiger partial charge in [-0.05, 0) is 5.92 Å². The average molecular weight is 279 g/mol. The summed E-state index contributed by atoms with van der Waals surface area (Å²) in [5, 5.41) is 12.2. The number of nitrogens with one attached hydrogen (secondary N) is 1. The van der Waals surface area contributed by atoms with Crippen LogP contribution in [0.15, 0.2) is 6.33 Å². The van der Waals surface area contributed by atoms with Crippen LogP contribution in [0, 0.1) is 0 Å². The smallest absolute Gasteiger partial charge is 0.137 e. The number of hydrogen-bond acceptors (Lipinski definition) is 6. The maximum Gasteiger partial charge on any atom is 0.137 e. The minimum atomic E-state index is 0.231. The summed E-state index contributed by atoms with van der Waals surface area (Å²) >= 11 is 0. The second kappa shape index (κ2) is 6.85. The van der Waals surface area contributed by atoms with Crippen LogP contribution in [-0.2, 0) is 0 Å². The van der Waals surface area contributed by atoms with Gasteiger partial charge in [0.05, 0.1) is 6.61 Å². The number of aliphatic hydroxyl groups excluding tert-OH is 1. The molecular weight excluding hydrogens is 254 g/mol. The summed E-state index contributed by atoms with van der Waals surface area (Å²) in [4.78, 5) is 13.4. The Morgan fingerprint density at radius 1 is 1.25 bits per heavy atom. The summed E-state index contributed by atoms with van der Waals surface area (Å²) in [5.41, 5.74) is 1.19. The first-order valence-corrected chi connectivity index (χ1v) is 7.28. The SMILES string of the molecule is CNc1ncnc(N2CCN(CCO)CC2)c1C(C)C. The van der Waals surface area contributed by atoms with Crippen molar-refractivity contribution in [3.63, 3.8) is 0 Å². The highest BCUT2D eigenvalue weighted by Crippen LogP contribution is 2.30. The molecule has 1 saturated heterocycles. The van der Waals surface area contributed by atoms with Crippen molar-refractivity contribution in [2.75, 3.05) is 56.6 Å². The molecule has 6 nitrogen and oxygen atoms in total. The van der Waals surface area contributed by atoms with Crippen molar-refractivity contribution >= 4 is 11.6 Å². The lowest BCUT2D eigenvalue weighted by Gasteiger charge is -2.36. The first-order chi connectivity index (χ1) is 9.67. The highest BCUT2D eigenvalue weighted by molar-refractivity contribution is 5.60. The molecule has 6 heteroatoms. The molecule has 0 spiro atoms. The summed E-state index contributed by atoms with van der Waals surface area (Å²) in [5.74, 6) is 2.34. The second-order valence-electron chi connectivity index (χ2n) is 5.42. The number of piperazine rings is 1. The molecule has 0 aromatic carbocycles. The van der Waals surface area contributed by atoms with Gasteiger partial charge in [0.25, 0.3) is 0 Å². The van der Waals surface area contributed by atoms with E-state index in [2.05, 4.69) is 38.9 Å². The van der Waals surface area contributed by atoms with Crippen LogP contribution in [-0.4, -0.2) is 66.4 Å². The van der Waals surface area contributed by atoms with E-state index < -0.39 is 0 Å². The number of anilines is 2. The summed E-state index contributed by atoms with van der Waals surface area (Å²) in [6, 6.07) is 0. The molecule has 0 amide bonds. The maximum atomic E-state index is 9.00. The van der Waals surface area contributed by atoms with Gasteiger partial charge in [0.1, 0.15) is 18.0 Å². The molecule has 2 rings (SSSR count). The molecule has 0 saturated carbocycles. The van der Waals surface area contributed by atoms with Crippen molar-refractivity contribution < 1.29 is 5.11 Å². The van der Waals surface area contributed by atoms with Gasteiger partial charge in [-0.3, -0.25) is 4.90 Å². The normalized spacial score (nSPS) is 16.8. The fraction of sp³-hybridized carbons (Fsp3) is 0.714. The zero-order valence-corrected chi connectivity index (χ0v) is 12.6. The molecule has 1 aromatic heterocycles. The Morgan fingerprint density at radius 2 is 1.95 bits per heavy atom. The van der Waals surface area contributed by atoms with Crippen molar-refractivity contribution in [3.05, 3.63) is 11.9 Å². The minimum absolute atomic E-state index is 0.231. The topological polar surface area (TPSA) is 64.5 Å². The van der Waals surface area contributed by atoms with E-state index in [0.29, 0.717) is 5.92 Å². The molecule has 2 N–H and O–H groups in total. The molecule has 1 aromatic rings. The van der Waals surface area contributed by atoms with Crippen LogP contribution in [0.5, 0.6) is 0 Å². The van der Waals surface area contributed by atoms with Gasteiger partial charge in [-0.2, -0.15) is 0 Å². The molecule has 1 aliphatic heterocycles. The standard InChI is InChI=1S/C14H25N5O/c1-11(2)12-13(15-3)16-10-17-14(12)19-6-4-18(5-7-19)8-9-20/h10-11,20H,4-9H2,1-3H3,(H,15,16,17). The van der Waals surface area contributed by atoms with Crippen molar-refractivity contribution in [1.82, 2.24) is 14.9 Å². The van der Waals surface area contributed by atoms with Crippen LogP contribution >= 0.6 is 0 Å². The lowest BCUT2D eigenvalue weighted by atomic mass is 10.0. The summed E-state index contributed by atoms with van der Waals surface area (Å²) < 4.78 is 0. The molecule has 0 unspecified atom stereocenters. The van der Waals surface area contributed by atoms with Crippen LogP contribution in [0.25, 0.3) is 0 Å². The van der Waals surface area contributed by atoms with E-state index in [9.17, 15) is 0 Å². The number of nitrogens with zero attached hydrogens (tertiary/aromatic N) is 4. The Balaban J connectivity index is 2.17. The van der Waals surface area contributed by atoms with Gasteiger partial charge < -0.3 is 15.3 Å². The summed E-state index contributed by atoms with van der Waals surface area (Å²) in [6.07, 6.45) is 1.63. The molecule has 1 aliphatic rings. The van der Waals surface area contributed by atoms with Crippen molar-refractivity contribution in [1.29, 1.82) is 0 Å². The molecule has 112 valence electrons. The van der Waals surface area contributed by atoms with Gasteiger partial charge in [0.2, 0.25) is 0 Å². The first-order valence-electron chi connectivity index (χ1n) is 7.28. The Kier molecular flexibility index (Phi) is 5.14. The summed E-state index contributed by atoms with van der Waals surface area (Å²) in [6.45, 7) is 9.16. The van der Waals surface area contributed by atoms with E-state index in [0.717, 1.165) is 44.4 Å².